The van der Waals surface area contributed by atoms with Crippen molar-refractivity contribution >= 4 is 5.96 Å². The molecule has 0 saturated carbocycles. The lowest BCUT2D eigenvalue weighted by atomic mass is 10.1. The number of aromatic nitrogens is 3. The molecule has 0 amide bonds. The Balaban J connectivity index is 1.55. The van der Waals surface area contributed by atoms with Gasteiger partial charge in [0.2, 0.25) is 0 Å². The van der Waals surface area contributed by atoms with Gasteiger partial charge in [0.05, 0.1) is 18.8 Å². The van der Waals surface area contributed by atoms with E-state index in [2.05, 4.69) is 30.4 Å². The number of hydrogen-bond acceptors (Lipinski definition) is 5. The Kier molecular flexibility index (Phi) is 8.70. The zero-order chi connectivity index (χ0) is 22.1. The molecule has 3 N–H and O–H groups in total. The van der Waals surface area contributed by atoms with Crippen molar-refractivity contribution in [2.24, 2.45) is 4.99 Å². The van der Waals surface area contributed by atoms with E-state index in [-0.39, 0.29) is 12.6 Å². The molecular formula is C23H36N6O2. The number of aliphatic hydroxyl groups is 1. The van der Waals surface area contributed by atoms with Crippen LogP contribution < -0.4 is 15.4 Å². The maximum absolute atomic E-state index is 10.6. The van der Waals surface area contributed by atoms with Crippen LogP contribution in [0, 0.1) is 0 Å². The third-order valence-corrected chi connectivity index (χ3v) is 5.21. The van der Waals surface area contributed by atoms with Crippen LogP contribution in [0.3, 0.4) is 0 Å². The Hall–Kier alpha value is -2.61. The summed E-state index contributed by atoms with van der Waals surface area (Å²) in [5, 5.41) is 25.9. The summed E-state index contributed by atoms with van der Waals surface area (Å²) in [4.78, 5) is 4.56. The normalized spacial score (nSPS) is 15.3. The highest BCUT2D eigenvalue weighted by atomic mass is 16.5. The van der Waals surface area contributed by atoms with Crippen LogP contribution in [0.1, 0.15) is 63.3 Å². The van der Waals surface area contributed by atoms with Gasteiger partial charge in [-0.25, -0.2) is 0 Å². The molecule has 0 radical (unpaired) electrons. The number of nitrogens with zero attached hydrogens (tertiary/aromatic N) is 4. The van der Waals surface area contributed by atoms with Crippen LogP contribution >= 0.6 is 0 Å². The lowest BCUT2D eigenvalue weighted by Gasteiger charge is -2.15. The average molecular weight is 429 g/mol. The molecule has 0 spiro atoms. The number of hydrogen-bond donors (Lipinski definition) is 3. The molecule has 0 aliphatic carbocycles. The number of guanidine groups is 1. The van der Waals surface area contributed by atoms with Crippen molar-refractivity contribution in [3.05, 3.63) is 41.5 Å². The smallest absolute Gasteiger partial charge is 0.191 e. The average Bonchev–Trinajstić information content (AvgIpc) is 2.97. The van der Waals surface area contributed by atoms with Crippen molar-refractivity contribution in [1.29, 1.82) is 0 Å². The summed E-state index contributed by atoms with van der Waals surface area (Å²) >= 11 is 0. The van der Waals surface area contributed by atoms with Crippen molar-refractivity contribution in [3.63, 3.8) is 0 Å². The molecule has 1 aromatic heterocycles. The monoisotopic (exact) mass is 428 g/mol. The van der Waals surface area contributed by atoms with Gasteiger partial charge < -0.3 is 25.0 Å². The first-order valence-corrected chi connectivity index (χ1v) is 11.4. The molecule has 0 bridgehead atoms. The van der Waals surface area contributed by atoms with Crippen molar-refractivity contribution in [2.45, 2.75) is 71.6 Å². The first kappa shape index (κ1) is 23.1. The fourth-order valence-electron chi connectivity index (χ4n) is 3.72. The Bertz CT molecular complexity index is 848. The molecule has 1 atom stereocenters. The minimum atomic E-state index is -0.696. The molecule has 8 nitrogen and oxygen atoms in total. The predicted octanol–water partition coefficient (Wildman–Crippen LogP) is 2.62. The number of nitrogens with one attached hydrogen (secondary N) is 2. The van der Waals surface area contributed by atoms with Gasteiger partial charge in [0.15, 0.2) is 5.96 Å². The summed E-state index contributed by atoms with van der Waals surface area (Å²) in [5.74, 6) is 3.59. The van der Waals surface area contributed by atoms with E-state index in [1.165, 1.54) is 19.3 Å². The second-order valence-electron chi connectivity index (χ2n) is 8.15. The summed E-state index contributed by atoms with van der Waals surface area (Å²) in [6, 6.07) is 7.56. The Morgan fingerprint density at radius 3 is 2.90 bits per heavy atom. The molecule has 8 heteroatoms. The van der Waals surface area contributed by atoms with E-state index in [9.17, 15) is 5.11 Å². The van der Waals surface area contributed by atoms with E-state index in [0.29, 0.717) is 12.5 Å². The van der Waals surface area contributed by atoms with E-state index < -0.39 is 6.10 Å². The second-order valence-corrected chi connectivity index (χ2v) is 8.15. The molecule has 3 rings (SSSR count). The van der Waals surface area contributed by atoms with E-state index in [1.807, 2.05) is 45.0 Å². The number of benzene rings is 1. The topological polar surface area (TPSA) is 96.6 Å². The molecule has 1 aliphatic rings. The van der Waals surface area contributed by atoms with Gasteiger partial charge in [0.1, 0.15) is 17.4 Å². The standard InChI is InChI=1S/C23H36N6O2/c1-4-24-23(25-13-12-22-28-27-21-11-6-5-7-14-29(21)22)26-16-20(30)18-9-8-10-19(15-18)31-17(2)3/h8-10,15,17,20,30H,4-7,11-14,16H2,1-3H3,(H2,24,25,26). The van der Waals surface area contributed by atoms with Crippen LogP contribution in [0.4, 0.5) is 0 Å². The van der Waals surface area contributed by atoms with E-state index in [1.54, 1.807) is 0 Å². The van der Waals surface area contributed by atoms with Gasteiger partial charge in [-0.05, 0) is 51.3 Å². The lowest BCUT2D eigenvalue weighted by molar-refractivity contribution is 0.185. The quantitative estimate of drug-likeness (QED) is 0.420. The van der Waals surface area contributed by atoms with Gasteiger partial charge in [-0.3, -0.25) is 4.99 Å². The molecule has 1 aromatic carbocycles. The summed E-state index contributed by atoms with van der Waals surface area (Å²) in [6.45, 7) is 8.73. The first-order valence-electron chi connectivity index (χ1n) is 11.4. The van der Waals surface area contributed by atoms with Crippen molar-refractivity contribution < 1.29 is 9.84 Å². The zero-order valence-electron chi connectivity index (χ0n) is 19.0. The fourth-order valence-corrected chi connectivity index (χ4v) is 3.72. The molecule has 1 aliphatic heterocycles. The van der Waals surface area contributed by atoms with Gasteiger partial charge in [0, 0.05) is 32.5 Å². The maximum atomic E-state index is 10.6. The summed E-state index contributed by atoms with van der Waals surface area (Å²) in [6.07, 6.45) is 4.85. The molecule has 170 valence electrons. The van der Waals surface area contributed by atoms with E-state index in [0.717, 1.165) is 48.9 Å². The highest BCUT2D eigenvalue weighted by Crippen LogP contribution is 2.20. The number of aliphatic imine (C=N–C) groups is 1. The lowest BCUT2D eigenvalue weighted by Crippen LogP contribution is -2.38. The molecule has 31 heavy (non-hydrogen) atoms. The van der Waals surface area contributed by atoms with Crippen LogP contribution in [0.15, 0.2) is 29.3 Å². The Labute approximate surface area is 185 Å². The summed E-state index contributed by atoms with van der Waals surface area (Å²) in [7, 11) is 0. The van der Waals surface area contributed by atoms with Gasteiger partial charge in [-0.2, -0.15) is 0 Å². The van der Waals surface area contributed by atoms with E-state index >= 15 is 0 Å². The van der Waals surface area contributed by atoms with Crippen LogP contribution in [0.2, 0.25) is 0 Å². The predicted molar refractivity (Wildman–Crippen MR) is 122 cm³/mol. The van der Waals surface area contributed by atoms with Crippen LogP contribution in [-0.2, 0) is 19.4 Å². The molecule has 2 heterocycles. The third kappa shape index (κ3) is 6.95. The van der Waals surface area contributed by atoms with Crippen LogP contribution in [0.25, 0.3) is 0 Å². The maximum Gasteiger partial charge on any atom is 0.191 e. The molecule has 0 saturated heterocycles. The van der Waals surface area contributed by atoms with Crippen LogP contribution in [0.5, 0.6) is 5.75 Å². The molecule has 2 aromatic rings. The van der Waals surface area contributed by atoms with Crippen molar-refractivity contribution in [3.8, 4) is 5.75 Å². The van der Waals surface area contributed by atoms with Crippen molar-refractivity contribution in [2.75, 3.05) is 19.6 Å². The summed E-state index contributed by atoms with van der Waals surface area (Å²) in [5.41, 5.74) is 0.795. The van der Waals surface area contributed by atoms with Gasteiger partial charge in [0.25, 0.3) is 0 Å². The van der Waals surface area contributed by atoms with E-state index in [4.69, 9.17) is 4.74 Å². The Morgan fingerprint density at radius 1 is 1.23 bits per heavy atom. The van der Waals surface area contributed by atoms with Gasteiger partial charge >= 0.3 is 0 Å². The minimum absolute atomic E-state index is 0.0928. The highest BCUT2D eigenvalue weighted by Gasteiger charge is 2.14. The van der Waals surface area contributed by atoms with Gasteiger partial charge in [-0.15, -0.1) is 10.2 Å². The molecule has 1 unspecified atom stereocenters. The third-order valence-electron chi connectivity index (χ3n) is 5.21. The zero-order valence-corrected chi connectivity index (χ0v) is 19.0. The molecular weight excluding hydrogens is 392 g/mol. The number of rotatable bonds is 9. The van der Waals surface area contributed by atoms with Crippen LogP contribution in [-0.4, -0.2) is 51.6 Å². The minimum Gasteiger partial charge on any atom is -0.491 e. The number of fused-ring (bicyclic) bond motifs is 1. The number of aryl methyl sites for hydroxylation is 1. The fraction of sp³-hybridized carbons (Fsp3) is 0.609. The number of aliphatic hydroxyl groups excluding tert-OH is 1. The number of ether oxygens (including phenoxy) is 1. The van der Waals surface area contributed by atoms with Gasteiger partial charge in [-0.1, -0.05) is 18.6 Å². The highest BCUT2D eigenvalue weighted by molar-refractivity contribution is 5.79. The Morgan fingerprint density at radius 2 is 2.10 bits per heavy atom. The SMILES string of the molecule is CCNC(=NCC(O)c1cccc(OC(C)C)c1)NCCc1nnc2n1CCCCC2. The molecule has 0 fully saturated rings. The largest absolute Gasteiger partial charge is 0.491 e. The second kappa shape index (κ2) is 11.7. The summed E-state index contributed by atoms with van der Waals surface area (Å²) < 4.78 is 7.99. The first-order chi connectivity index (χ1) is 15.1. The van der Waals surface area contributed by atoms with Crippen molar-refractivity contribution in [1.82, 2.24) is 25.4 Å².